The van der Waals surface area contributed by atoms with Gasteiger partial charge >= 0.3 is 17.8 Å². The fraction of sp³-hybridized carbons (Fsp3) is 0.391. The number of piperazine rings is 1. The van der Waals surface area contributed by atoms with Crippen molar-refractivity contribution in [3.63, 3.8) is 0 Å². The van der Waals surface area contributed by atoms with E-state index in [-0.39, 0.29) is 12.1 Å². The third-order valence-electron chi connectivity index (χ3n) is 5.92. The van der Waals surface area contributed by atoms with Crippen LogP contribution >= 0.6 is 0 Å². The van der Waals surface area contributed by atoms with Gasteiger partial charge in [0, 0.05) is 44.1 Å². The first kappa shape index (κ1) is 20.8. The number of anilines is 1. The number of carbonyl (C=O) groups is 3. The first-order chi connectivity index (χ1) is 15.0. The molecule has 0 atom stereocenters. The number of aromatic nitrogens is 1. The maximum absolute atomic E-state index is 12.7. The second-order valence-electron chi connectivity index (χ2n) is 8.06. The molecule has 8 heteroatoms. The van der Waals surface area contributed by atoms with Gasteiger partial charge in [0.2, 0.25) is 0 Å². The Bertz CT molecular complexity index is 939. The average Bonchev–Trinajstić information content (AvgIpc) is 2.79. The van der Waals surface area contributed by atoms with E-state index in [1.54, 1.807) is 20.9 Å². The van der Waals surface area contributed by atoms with Gasteiger partial charge in [-0.2, -0.15) is 0 Å². The van der Waals surface area contributed by atoms with Gasteiger partial charge in [-0.1, -0.05) is 23.8 Å². The molecule has 0 spiro atoms. The van der Waals surface area contributed by atoms with Crippen LogP contribution in [0.5, 0.6) is 0 Å². The SMILES string of the molecule is Cc1ccc(NC(=O)N2CCC(N3CCN(Cc4ccccn4)C(=O)C3=O)CC2)cc1. The summed E-state index contributed by atoms with van der Waals surface area (Å²) < 4.78 is 0. The van der Waals surface area contributed by atoms with Gasteiger partial charge < -0.3 is 20.0 Å². The van der Waals surface area contributed by atoms with Gasteiger partial charge in [0.15, 0.2) is 0 Å². The summed E-state index contributed by atoms with van der Waals surface area (Å²) in [5, 5.41) is 2.92. The Morgan fingerprint density at radius 2 is 1.74 bits per heavy atom. The molecule has 2 aliphatic rings. The molecule has 0 saturated carbocycles. The number of hydrogen-bond donors (Lipinski definition) is 1. The maximum atomic E-state index is 12.7. The minimum Gasteiger partial charge on any atom is -0.330 e. The average molecular weight is 422 g/mol. The molecule has 2 saturated heterocycles. The van der Waals surface area contributed by atoms with Gasteiger partial charge in [0.05, 0.1) is 12.2 Å². The van der Waals surface area contributed by atoms with E-state index >= 15 is 0 Å². The van der Waals surface area contributed by atoms with Crippen LogP contribution in [-0.2, 0) is 16.1 Å². The summed E-state index contributed by atoms with van der Waals surface area (Å²) >= 11 is 0. The Kier molecular flexibility index (Phi) is 6.16. The molecule has 4 rings (SSSR count). The van der Waals surface area contributed by atoms with Crippen LogP contribution in [0.25, 0.3) is 0 Å². The Morgan fingerprint density at radius 1 is 1.00 bits per heavy atom. The van der Waals surface area contributed by atoms with Gasteiger partial charge in [-0.15, -0.1) is 0 Å². The van der Waals surface area contributed by atoms with Crippen LogP contribution in [0.1, 0.15) is 24.1 Å². The summed E-state index contributed by atoms with van der Waals surface area (Å²) in [6.45, 7) is 4.46. The van der Waals surface area contributed by atoms with E-state index < -0.39 is 11.8 Å². The number of carbonyl (C=O) groups excluding carboxylic acids is 3. The normalized spacial score (nSPS) is 17.8. The summed E-state index contributed by atoms with van der Waals surface area (Å²) in [5.74, 6) is -0.929. The summed E-state index contributed by atoms with van der Waals surface area (Å²) in [4.78, 5) is 47.1. The quantitative estimate of drug-likeness (QED) is 0.768. The second kappa shape index (κ2) is 9.16. The van der Waals surface area contributed by atoms with Crippen molar-refractivity contribution in [2.45, 2.75) is 32.4 Å². The van der Waals surface area contributed by atoms with Crippen molar-refractivity contribution >= 4 is 23.5 Å². The molecule has 4 amide bonds. The molecule has 1 aromatic heterocycles. The van der Waals surface area contributed by atoms with E-state index in [1.165, 1.54) is 0 Å². The molecule has 0 radical (unpaired) electrons. The Balaban J connectivity index is 1.29. The lowest BCUT2D eigenvalue weighted by Gasteiger charge is -2.42. The predicted molar refractivity (Wildman–Crippen MR) is 116 cm³/mol. The highest BCUT2D eigenvalue weighted by atomic mass is 16.2. The van der Waals surface area contributed by atoms with Crippen LogP contribution in [0.3, 0.4) is 0 Å². The van der Waals surface area contributed by atoms with E-state index in [4.69, 9.17) is 0 Å². The molecule has 162 valence electrons. The summed E-state index contributed by atoms with van der Waals surface area (Å²) in [5.41, 5.74) is 2.67. The summed E-state index contributed by atoms with van der Waals surface area (Å²) in [6, 6.07) is 13.1. The minimum absolute atomic E-state index is 0.0168. The van der Waals surface area contributed by atoms with Crippen LogP contribution in [0.2, 0.25) is 0 Å². The highest BCUT2D eigenvalue weighted by Crippen LogP contribution is 2.21. The number of benzene rings is 1. The van der Waals surface area contributed by atoms with E-state index in [9.17, 15) is 14.4 Å². The number of rotatable bonds is 4. The molecule has 3 heterocycles. The fourth-order valence-corrected chi connectivity index (χ4v) is 4.10. The molecule has 0 unspecified atom stereocenters. The molecule has 31 heavy (non-hydrogen) atoms. The van der Waals surface area contributed by atoms with E-state index in [0.717, 1.165) is 16.9 Å². The number of nitrogens with one attached hydrogen (secondary N) is 1. The summed E-state index contributed by atoms with van der Waals surface area (Å²) in [7, 11) is 0. The number of hydrogen-bond acceptors (Lipinski definition) is 4. The Morgan fingerprint density at radius 3 is 2.42 bits per heavy atom. The van der Waals surface area contributed by atoms with Crippen molar-refractivity contribution in [2.24, 2.45) is 0 Å². The first-order valence-electron chi connectivity index (χ1n) is 10.6. The van der Waals surface area contributed by atoms with Gasteiger partial charge in [0.1, 0.15) is 0 Å². The zero-order chi connectivity index (χ0) is 21.8. The predicted octanol–water partition coefficient (Wildman–Crippen LogP) is 2.26. The lowest BCUT2D eigenvalue weighted by atomic mass is 10.0. The molecule has 0 aliphatic carbocycles. The van der Waals surface area contributed by atoms with Crippen LogP contribution in [-0.4, -0.2) is 69.8 Å². The van der Waals surface area contributed by atoms with Crippen LogP contribution in [0, 0.1) is 6.92 Å². The molecular formula is C23H27N5O3. The second-order valence-corrected chi connectivity index (χ2v) is 8.06. The first-order valence-corrected chi connectivity index (χ1v) is 10.6. The zero-order valence-electron chi connectivity index (χ0n) is 17.7. The monoisotopic (exact) mass is 421 g/mol. The van der Waals surface area contributed by atoms with Crippen molar-refractivity contribution in [1.82, 2.24) is 19.7 Å². The smallest absolute Gasteiger partial charge is 0.321 e. The lowest BCUT2D eigenvalue weighted by Crippen LogP contribution is -2.59. The van der Waals surface area contributed by atoms with Crippen molar-refractivity contribution < 1.29 is 14.4 Å². The van der Waals surface area contributed by atoms with Gasteiger partial charge in [-0.05, 0) is 44.0 Å². The number of likely N-dealkylation sites (tertiary alicyclic amines) is 1. The number of urea groups is 1. The van der Waals surface area contributed by atoms with E-state index in [1.807, 2.05) is 49.4 Å². The molecular weight excluding hydrogens is 394 g/mol. The highest BCUT2D eigenvalue weighted by Gasteiger charge is 2.38. The number of aryl methyl sites for hydroxylation is 1. The largest absolute Gasteiger partial charge is 0.330 e. The molecule has 8 nitrogen and oxygen atoms in total. The maximum Gasteiger partial charge on any atom is 0.321 e. The van der Waals surface area contributed by atoms with Crippen molar-refractivity contribution in [3.05, 3.63) is 59.9 Å². The van der Waals surface area contributed by atoms with Gasteiger partial charge in [-0.25, -0.2) is 4.79 Å². The lowest BCUT2D eigenvalue weighted by molar-refractivity contribution is -0.158. The van der Waals surface area contributed by atoms with E-state index in [0.29, 0.717) is 45.6 Å². The Hall–Kier alpha value is -3.42. The van der Waals surface area contributed by atoms with Crippen LogP contribution < -0.4 is 5.32 Å². The van der Waals surface area contributed by atoms with Crippen LogP contribution in [0.4, 0.5) is 10.5 Å². The van der Waals surface area contributed by atoms with Crippen molar-refractivity contribution in [2.75, 3.05) is 31.5 Å². The van der Waals surface area contributed by atoms with Crippen molar-refractivity contribution in [1.29, 1.82) is 0 Å². The zero-order valence-corrected chi connectivity index (χ0v) is 17.7. The topological polar surface area (TPSA) is 85.8 Å². The highest BCUT2D eigenvalue weighted by molar-refractivity contribution is 6.35. The summed E-state index contributed by atoms with van der Waals surface area (Å²) in [6.07, 6.45) is 3.02. The van der Waals surface area contributed by atoms with Crippen LogP contribution in [0.15, 0.2) is 48.7 Å². The fourth-order valence-electron chi connectivity index (χ4n) is 4.10. The number of amides is 4. The van der Waals surface area contributed by atoms with Crippen molar-refractivity contribution in [3.8, 4) is 0 Å². The Labute approximate surface area is 181 Å². The molecule has 1 N–H and O–H groups in total. The third-order valence-corrected chi connectivity index (χ3v) is 5.92. The van der Waals surface area contributed by atoms with E-state index in [2.05, 4.69) is 10.3 Å². The third kappa shape index (κ3) is 4.84. The molecule has 2 aliphatic heterocycles. The number of nitrogens with zero attached hydrogens (tertiary/aromatic N) is 4. The standard InChI is InChI=1S/C23H27N5O3/c1-17-5-7-18(8-6-17)25-23(31)26-12-9-20(10-13-26)28-15-14-27(21(29)22(28)30)16-19-4-2-3-11-24-19/h2-8,11,20H,9-10,12-16H2,1H3,(H,25,31). The minimum atomic E-state index is -0.476. The van der Waals surface area contributed by atoms with Gasteiger partial charge in [0.25, 0.3) is 0 Å². The molecule has 0 bridgehead atoms. The molecule has 1 aromatic carbocycles. The number of piperidine rings is 1. The molecule has 2 aromatic rings. The molecule has 2 fully saturated rings. The van der Waals surface area contributed by atoms with Gasteiger partial charge in [-0.3, -0.25) is 14.6 Å². The number of pyridine rings is 1.